The highest BCUT2D eigenvalue weighted by Crippen LogP contribution is 2.22. The number of hydrogen-bond donors (Lipinski definition) is 2. The SMILES string of the molecule is CC(O)C(C)(C)CN1CCN(CCO)CC1. The first-order valence-electron chi connectivity index (χ1n) is 6.19. The number of rotatable bonds is 5. The lowest BCUT2D eigenvalue weighted by molar-refractivity contribution is 0.0174. The summed E-state index contributed by atoms with van der Waals surface area (Å²) in [5, 5.41) is 18.5. The molecule has 0 aromatic rings. The molecule has 2 N–H and O–H groups in total. The van der Waals surface area contributed by atoms with Crippen LogP contribution in [0.5, 0.6) is 0 Å². The van der Waals surface area contributed by atoms with Crippen molar-refractivity contribution in [1.29, 1.82) is 0 Å². The van der Waals surface area contributed by atoms with E-state index < -0.39 is 0 Å². The second-order valence-electron chi connectivity index (χ2n) is 5.51. The van der Waals surface area contributed by atoms with E-state index in [1.54, 1.807) is 0 Å². The van der Waals surface area contributed by atoms with Gasteiger partial charge in [0.1, 0.15) is 0 Å². The first-order chi connectivity index (χ1) is 7.45. The Morgan fingerprint density at radius 1 is 1.12 bits per heavy atom. The Hall–Kier alpha value is -0.160. The lowest BCUT2D eigenvalue weighted by Crippen LogP contribution is -2.51. The molecule has 1 unspecified atom stereocenters. The maximum Gasteiger partial charge on any atom is 0.0575 e. The van der Waals surface area contributed by atoms with Crippen LogP contribution in [-0.2, 0) is 0 Å². The third kappa shape index (κ3) is 4.01. The van der Waals surface area contributed by atoms with Gasteiger partial charge in [-0.15, -0.1) is 0 Å². The fraction of sp³-hybridized carbons (Fsp3) is 1.00. The minimum atomic E-state index is -0.275. The Bertz CT molecular complexity index is 199. The molecule has 0 aromatic carbocycles. The van der Waals surface area contributed by atoms with E-state index in [2.05, 4.69) is 23.6 Å². The Morgan fingerprint density at radius 3 is 2.06 bits per heavy atom. The van der Waals surface area contributed by atoms with Crippen LogP contribution in [0.25, 0.3) is 0 Å². The van der Waals surface area contributed by atoms with Crippen molar-refractivity contribution in [2.75, 3.05) is 45.9 Å². The third-order valence-corrected chi connectivity index (χ3v) is 3.64. The highest BCUT2D eigenvalue weighted by Gasteiger charge is 2.28. The summed E-state index contributed by atoms with van der Waals surface area (Å²) < 4.78 is 0. The number of aliphatic hydroxyl groups is 2. The molecule has 1 fully saturated rings. The summed E-state index contributed by atoms with van der Waals surface area (Å²) >= 11 is 0. The summed E-state index contributed by atoms with van der Waals surface area (Å²) in [5.41, 5.74) is -0.0425. The molecule has 1 aliphatic rings. The monoisotopic (exact) mass is 230 g/mol. The topological polar surface area (TPSA) is 46.9 Å². The Kier molecular flexibility index (Phi) is 5.18. The van der Waals surface area contributed by atoms with Crippen molar-refractivity contribution in [3.63, 3.8) is 0 Å². The molecule has 1 heterocycles. The maximum absolute atomic E-state index is 9.68. The number of piperazine rings is 1. The predicted octanol–water partition coefficient (Wildman–Crippen LogP) is 0.00330. The molecule has 96 valence electrons. The van der Waals surface area contributed by atoms with Gasteiger partial charge in [-0.2, -0.15) is 0 Å². The van der Waals surface area contributed by atoms with Gasteiger partial charge in [-0.3, -0.25) is 4.90 Å². The summed E-state index contributed by atoms with van der Waals surface area (Å²) in [7, 11) is 0. The molecular weight excluding hydrogens is 204 g/mol. The fourth-order valence-corrected chi connectivity index (χ4v) is 2.02. The number of hydrogen-bond acceptors (Lipinski definition) is 4. The molecule has 0 bridgehead atoms. The molecule has 4 nitrogen and oxygen atoms in total. The highest BCUT2D eigenvalue weighted by molar-refractivity contribution is 4.81. The van der Waals surface area contributed by atoms with Gasteiger partial charge in [0.25, 0.3) is 0 Å². The van der Waals surface area contributed by atoms with Gasteiger partial charge >= 0.3 is 0 Å². The van der Waals surface area contributed by atoms with Gasteiger partial charge in [-0.1, -0.05) is 13.8 Å². The van der Waals surface area contributed by atoms with Gasteiger partial charge in [0.05, 0.1) is 12.7 Å². The van der Waals surface area contributed by atoms with Crippen LogP contribution in [-0.4, -0.2) is 72.0 Å². The Morgan fingerprint density at radius 2 is 1.62 bits per heavy atom. The van der Waals surface area contributed by atoms with Crippen LogP contribution in [0.1, 0.15) is 20.8 Å². The van der Waals surface area contributed by atoms with Gasteiger partial charge in [-0.05, 0) is 6.92 Å². The van der Waals surface area contributed by atoms with E-state index in [0.29, 0.717) is 0 Å². The van der Waals surface area contributed by atoms with E-state index in [-0.39, 0.29) is 18.1 Å². The van der Waals surface area contributed by atoms with Crippen molar-refractivity contribution in [1.82, 2.24) is 9.80 Å². The molecule has 0 amide bonds. The molecule has 0 aromatic heterocycles. The minimum absolute atomic E-state index is 0.0425. The largest absolute Gasteiger partial charge is 0.395 e. The van der Waals surface area contributed by atoms with Crippen molar-refractivity contribution in [2.45, 2.75) is 26.9 Å². The summed E-state index contributed by atoms with van der Waals surface area (Å²) in [4.78, 5) is 4.69. The van der Waals surface area contributed by atoms with Crippen molar-refractivity contribution in [3.8, 4) is 0 Å². The molecule has 0 radical (unpaired) electrons. The average molecular weight is 230 g/mol. The summed E-state index contributed by atoms with van der Waals surface area (Å²) in [6.45, 7) is 12.2. The number of β-amino-alcohol motifs (C(OH)–C–C–N with tert-alkyl or cyclic N) is 1. The third-order valence-electron chi connectivity index (χ3n) is 3.64. The first-order valence-corrected chi connectivity index (χ1v) is 6.19. The molecule has 1 atom stereocenters. The highest BCUT2D eigenvalue weighted by atomic mass is 16.3. The zero-order chi connectivity index (χ0) is 12.2. The van der Waals surface area contributed by atoms with Crippen molar-refractivity contribution >= 4 is 0 Å². The van der Waals surface area contributed by atoms with Crippen molar-refractivity contribution in [3.05, 3.63) is 0 Å². The summed E-state index contributed by atoms with van der Waals surface area (Å²) in [6.07, 6.45) is -0.275. The smallest absolute Gasteiger partial charge is 0.0575 e. The van der Waals surface area contributed by atoms with Gasteiger partial charge < -0.3 is 15.1 Å². The quantitative estimate of drug-likeness (QED) is 0.698. The molecule has 0 spiro atoms. The summed E-state index contributed by atoms with van der Waals surface area (Å²) in [6, 6.07) is 0. The standard InChI is InChI=1S/C12H26N2O2/c1-11(16)12(2,3)10-14-6-4-13(5-7-14)8-9-15/h11,15-16H,4-10H2,1-3H3. The van der Waals surface area contributed by atoms with Gasteiger partial charge in [0, 0.05) is 44.7 Å². The van der Waals surface area contributed by atoms with Crippen LogP contribution < -0.4 is 0 Å². The second-order valence-corrected chi connectivity index (χ2v) is 5.51. The van der Waals surface area contributed by atoms with E-state index in [9.17, 15) is 5.11 Å². The Labute approximate surface area is 98.9 Å². The summed E-state index contributed by atoms with van der Waals surface area (Å²) in [5.74, 6) is 0. The second kappa shape index (κ2) is 5.96. The van der Waals surface area contributed by atoms with Crippen molar-refractivity contribution in [2.24, 2.45) is 5.41 Å². The fourth-order valence-electron chi connectivity index (χ4n) is 2.02. The number of nitrogens with zero attached hydrogens (tertiary/aromatic N) is 2. The lowest BCUT2D eigenvalue weighted by Gasteiger charge is -2.39. The predicted molar refractivity (Wildman–Crippen MR) is 65.4 cm³/mol. The minimum Gasteiger partial charge on any atom is -0.395 e. The van der Waals surface area contributed by atoms with E-state index in [1.807, 2.05) is 6.92 Å². The van der Waals surface area contributed by atoms with E-state index in [4.69, 9.17) is 5.11 Å². The van der Waals surface area contributed by atoms with E-state index >= 15 is 0 Å². The van der Waals surface area contributed by atoms with Crippen molar-refractivity contribution < 1.29 is 10.2 Å². The van der Waals surface area contributed by atoms with Crippen LogP contribution in [0, 0.1) is 5.41 Å². The van der Waals surface area contributed by atoms with Crippen LogP contribution in [0.3, 0.4) is 0 Å². The molecule has 16 heavy (non-hydrogen) atoms. The van der Waals surface area contributed by atoms with Gasteiger partial charge in [-0.25, -0.2) is 0 Å². The zero-order valence-corrected chi connectivity index (χ0v) is 10.8. The van der Waals surface area contributed by atoms with E-state index in [1.165, 1.54) is 0 Å². The Balaban J connectivity index is 2.32. The van der Waals surface area contributed by atoms with Crippen LogP contribution in [0.15, 0.2) is 0 Å². The molecule has 1 aliphatic heterocycles. The van der Waals surface area contributed by atoms with Gasteiger partial charge in [0.15, 0.2) is 0 Å². The normalized spacial score (nSPS) is 22.3. The first kappa shape index (κ1) is 13.9. The molecule has 1 rings (SSSR count). The number of aliphatic hydroxyl groups excluding tert-OH is 2. The van der Waals surface area contributed by atoms with Crippen LogP contribution in [0.4, 0.5) is 0 Å². The maximum atomic E-state index is 9.68. The average Bonchev–Trinajstić information content (AvgIpc) is 2.21. The zero-order valence-electron chi connectivity index (χ0n) is 10.8. The molecule has 0 saturated carbocycles. The molecular formula is C12H26N2O2. The molecule has 4 heteroatoms. The van der Waals surface area contributed by atoms with E-state index in [0.717, 1.165) is 39.3 Å². The van der Waals surface area contributed by atoms with Gasteiger partial charge in [0.2, 0.25) is 0 Å². The molecule has 0 aliphatic carbocycles. The molecule has 1 saturated heterocycles. The van der Waals surface area contributed by atoms with Crippen LogP contribution >= 0.6 is 0 Å². The lowest BCUT2D eigenvalue weighted by atomic mass is 9.86. The van der Waals surface area contributed by atoms with Crippen LogP contribution in [0.2, 0.25) is 0 Å².